The molecule has 7 N–H and O–H groups in total. The van der Waals surface area contributed by atoms with Crippen molar-refractivity contribution in [2.45, 2.75) is 19.4 Å². The van der Waals surface area contributed by atoms with E-state index in [-0.39, 0.29) is 30.6 Å². The largest absolute Gasteiger partial charge is 0.352 e. The molecule has 0 saturated carbocycles. The SMILES string of the molecule is Cc1ccccc1C(CC(=O)Nc1ccccc1C(=O)NCCN)NC(N)=O.Cl. The summed E-state index contributed by atoms with van der Waals surface area (Å²) in [5.74, 6) is -0.687. The highest BCUT2D eigenvalue weighted by Crippen LogP contribution is 2.22. The number of rotatable bonds is 8. The van der Waals surface area contributed by atoms with Crippen molar-refractivity contribution in [3.63, 3.8) is 0 Å². The van der Waals surface area contributed by atoms with Gasteiger partial charge in [-0.05, 0) is 30.2 Å². The third-order valence-corrected chi connectivity index (χ3v) is 4.15. The van der Waals surface area contributed by atoms with E-state index in [0.29, 0.717) is 24.3 Å². The second-order valence-electron chi connectivity index (χ2n) is 6.26. The van der Waals surface area contributed by atoms with Gasteiger partial charge in [0.2, 0.25) is 5.91 Å². The van der Waals surface area contributed by atoms with Crippen molar-refractivity contribution in [2.24, 2.45) is 11.5 Å². The molecular weight excluding hydrogens is 394 g/mol. The molecule has 1 atom stereocenters. The Morgan fingerprint density at radius 2 is 1.69 bits per heavy atom. The van der Waals surface area contributed by atoms with Gasteiger partial charge in [0.25, 0.3) is 5.91 Å². The topological polar surface area (TPSA) is 139 Å². The number of benzene rings is 2. The molecule has 0 bridgehead atoms. The van der Waals surface area contributed by atoms with Crippen LogP contribution in [0.5, 0.6) is 0 Å². The van der Waals surface area contributed by atoms with E-state index in [9.17, 15) is 14.4 Å². The van der Waals surface area contributed by atoms with Crippen LogP contribution in [0, 0.1) is 6.92 Å². The number of carbonyl (C=O) groups excluding carboxylic acids is 3. The minimum Gasteiger partial charge on any atom is -0.352 e. The molecule has 1 unspecified atom stereocenters. The Morgan fingerprint density at radius 3 is 2.34 bits per heavy atom. The summed E-state index contributed by atoms with van der Waals surface area (Å²) in [6.07, 6.45) is -0.0352. The number of carbonyl (C=O) groups is 3. The summed E-state index contributed by atoms with van der Waals surface area (Å²) in [6.45, 7) is 2.54. The van der Waals surface area contributed by atoms with Crippen LogP contribution in [0.15, 0.2) is 48.5 Å². The van der Waals surface area contributed by atoms with Crippen molar-refractivity contribution in [1.29, 1.82) is 0 Å². The summed E-state index contributed by atoms with van der Waals surface area (Å²) in [5.41, 5.74) is 13.1. The minimum atomic E-state index is -0.720. The van der Waals surface area contributed by atoms with Crippen LogP contribution in [0.1, 0.15) is 33.9 Å². The van der Waals surface area contributed by atoms with Crippen LogP contribution < -0.4 is 27.4 Å². The Morgan fingerprint density at radius 1 is 1.03 bits per heavy atom. The van der Waals surface area contributed by atoms with Gasteiger partial charge in [-0.25, -0.2) is 4.79 Å². The number of aryl methyl sites for hydroxylation is 1. The summed E-state index contributed by atoms with van der Waals surface area (Å²) >= 11 is 0. The minimum absolute atomic E-state index is 0. The second-order valence-corrected chi connectivity index (χ2v) is 6.26. The van der Waals surface area contributed by atoms with Gasteiger partial charge in [0.1, 0.15) is 0 Å². The lowest BCUT2D eigenvalue weighted by molar-refractivity contribution is -0.116. The first kappa shape index (κ1) is 23.9. The normalized spacial score (nSPS) is 11.0. The van der Waals surface area contributed by atoms with E-state index >= 15 is 0 Å². The number of nitrogens with one attached hydrogen (secondary N) is 3. The third-order valence-electron chi connectivity index (χ3n) is 4.15. The van der Waals surface area contributed by atoms with Gasteiger partial charge < -0.3 is 27.4 Å². The molecule has 0 heterocycles. The Labute approximate surface area is 175 Å². The van der Waals surface area contributed by atoms with Crippen LogP contribution in [-0.4, -0.2) is 30.9 Å². The number of halogens is 1. The number of urea groups is 1. The van der Waals surface area contributed by atoms with E-state index in [0.717, 1.165) is 11.1 Å². The number of primary amides is 1. The van der Waals surface area contributed by atoms with Crippen molar-refractivity contribution >= 4 is 35.9 Å². The van der Waals surface area contributed by atoms with Crippen LogP contribution in [0.2, 0.25) is 0 Å². The number of hydrogen-bond donors (Lipinski definition) is 5. The van der Waals surface area contributed by atoms with E-state index in [1.165, 1.54) is 0 Å². The molecule has 0 aliphatic carbocycles. The van der Waals surface area contributed by atoms with Crippen LogP contribution in [0.3, 0.4) is 0 Å². The molecule has 0 radical (unpaired) electrons. The monoisotopic (exact) mass is 419 g/mol. The fourth-order valence-corrected chi connectivity index (χ4v) is 2.85. The molecule has 0 aliphatic heterocycles. The highest BCUT2D eigenvalue weighted by atomic mass is 35.5. The van der Waals surface area contributed by atoms with Gasteiger partial charge in [0.05, 0.1) is 23.7 Å². The van der Waals surface area contributed by atoms with Gasteiger partial charge >= 0.3 is 6.03 Å². The predicted molar refractivity (Wildman–Crippen MR) is 115 cm³/mol. The average molecular weight is 420 g/mol. The van der Waals surface area contributed by atoms with Gasteiger partial charge in [-0.1, -0.05) is 36.4 Å². The van der Waals surface area contributed by atoms with Crippen molar-refractivity contribution in [3.8, 4) is 0 Å². The summed E-state index contributed by atoms with van der Waals surface area (Å²) in [6, 6.07) is 12.8. The smallest absolute Gasteiger partial charge is 0.312 e. The summed E-state index contributed by atoms with van der Waals surface area (Å²) in [7, 11) is 0. The lowest BCUT2D eigenvalue weighted by Crippen LogP contribution is -2.35. The van der Waals surface area contributed by atoms with Gasteiger partial charge in [-0.3, -0.25) is 9.59 Å². The molecule has 156 valence electrons. The first-order valence-corrected chi connectivity index (χ1v) is 8.91. The molecule has 0 saturated heterocycles. The lowest BCUT2D eigenvalue weighted by Gasteiger charge is -2.20. The van der Waals surface area contributed by atoms with E-state index in [1.54, 1.807) is 24.3 Å². The first-order chi connectivity index (χ1) is 13.4. The predicted octanol–water partition coefficient (Wildman–Crippen LogP) is 1.84. The van der Waals surface area contributed by atoms with Gasteiger partial charge in [-0.2, -0.15) is 0 Å². The van der Waals surface area contributed by atoms with Crippen LogP contribution in [0.4, 0.5) is 10.5 Å². The van der Waals surface area contributed by atoms with E-state index in [2.05, 4.69) is 16.0 Å². The molecule has 2 aromatic carbocycles. The molecule has 29 heavy (non-hydrogen) atoms. The summed E-state index contributed by atoms with van der Waals surface area (Å²) in [5, 5.41) is 8.02. The lowest BCUT2D eigenvalue weighted by atomic mass is 9.98. The van der Waals surface area contributed by atoms with Crippen LogP contribution in [0.25, 0.3) is 0 Å². The number of anilines is 1. The summed E-state index contributed by atoms with van der Waals surface area (Å²) in [4.78, 5) is 36.3. The number of amides is 4. The molecule has 2 aromatic rings. The number of para-hydroxylation sites is 1. The Bertz CT molecular complexity index is 860. The maximum Gasteiger partial charge on any atom is 0.312 e. The Balaban J connectivity index is 0.00000420. The molecule has 2 rings (SSSR count). The summed E-state index contributed by atoms with van der Waals surface area (Å²) < 4.78 is 0. The maximum absolute atomic E-state index is 12.6. The van der Waals surface area contributed by atoms with Gasteiger partial charge in [0, 0.05) is 13.1 Å². The molecular formula is C20H26ClN5O3. The molecule has 0 spiro atoms. The zero-order valence-corrected chi connectivity index (χ0v) is 16.9. The molecule has 8 nitrogen and oxygen atoms in total. The van der Waals surface area contributed by atoms with Crippen molar-refractivity contribution in [3.05, 3.63) is 65.2 Å². The standard InChI is InChI=1S/C20H25N5O3.ClH/c1-13-6-2-3-7-14(13)17(25-20(22)28)12-18(26)24-16-9-5-4-8-15(16)19(27)23-11-10-21;/h2-9,17H,10-12,21H2,1H3,(H,23,27)(H,24,26)(H3,22,25,28);1H. The third kappa shape index (κ3) is 7.10. The molecule has 4 amide bonds. The van der Waals surface area contributed by atoms with Crippen LogP contribution >= 0.6 is 12.4 Å². The fourth-order valence-electron chi connectivity index (χ4n) is 2.85. The number of hydrogen-bond acceptors (Lipinski definition) is 4. The fraction of sp³-hybridized carbons (Fsp3) is 0.250. The Hall–Kier alpha value is -3.10. The van der Waals surface area contributed by atoms with Gasteiger partial charge in [0.15, 0.2) is 0 Å². The van der Waals surface area contributed by atoms with E-state index < -0.39 is 12.1 Å². The molecule has 0 aromatic heterocycles. The highest BCUT2D eigenvalue weighted by molar-refractivity contribution is 6.03. The molecule has 0 fully saturated rings. The average Bonchev–Trinajstić information content (AvgIpc) is 2.66. The van der Waals surface area contributed by atoms with Crippen molar-refractivity contribution in [2.75, 3.05) is 18.4 Å². The zero-order valence-electron chi connectivity index (χ0n) is 16.1. The van der Waals surface area contributed by atoms with Crippen molar-refractivity contribution < 1.29 is 14.4 Å². The first-order valence-electron chi connectivity index (χ1n) is 8.91. The quantitative estimate of drug-likeness (QED) is 0.445. The van der Waals surface area contributed by atoms with E-state index in [4.69, 9.17) is 11.5 Å². The second kappa shape index (κ2) is 11.7. The maximum atomic E-state index is 12.6. The van der Waals surface area contributed by atoms with E-state index in [1.807, 2.05) is 31.2 Å². The zero-order chi connectivity index (χ0) is 20.5. The molecule has 0 aliphatic rings. The molecule has 9 heteroatoms. The highest BCUT2D eigenvalue weighted by Gasteiger charge is 2.20. The van der Waals surface area contributed by atoms with Crippen LogP contribution in [-0.2, 0) is 4.79 Å². The Kier molecular flexibility index (Phi) is 9.64. The van der Waals surface area contributed by atoms with Crippen molar-refractivity contribution in [1.82, 2.24) is 10.6 Å². The van der Waals surface area contributed by atoms with Gasteiger partial charge in [-0.15, -0.1) is 12.4 Å². The number of nitrogens with two attached hydrogens (primary N) is 2.